The normalized spacial score (nSPS) is 20.1. The number of benzene rings is 2. The Morgan fingerprint density at radius 1 is 1.16 bits per heavy atom. The maximum Gasteiger partial charge on any atom is 0.295 e. The highest BCUT2D eigenvalue weighted by Gasteiger charge is 2.46. The highest BCUT2D eigenvalue weighted by molar-refractivity contribution is 6.46. The first-order valence-electron chi connectivity index (χ1n) is 13.0. The first kappa shape index (κ1) is 25.5. The fraction of sp³-hybridized carbons (Fsp3) is 0.323. The molecule has 0 unspecified atom stereocenters. The van der Waals surface area contributed by atoms with Crippen molar-refractivity contribution in [2.75, 3.05) is 6.61 Å². The van der Waals surface area contributed by atoms with Crippen molar-refractivity contribution in [3.63, 3.8) is 0 Å². The van der Waals surface area contributed by atoms with Gasteiger partial charge in [0.2, 0.25) is 0 Å². The van der Waals surface area contributed by atoms with Crippen LogP contribution in [0.4, 0.5) is 0 Å². The molecule has 2 aliphatic heterocycles. The van der Waals surface area contributed by atoms with Gasteiger partial charge in [-0.05, 0) is 72.4 Å². The summed E-state index contributed by atoms with van der Waals surface area (Å²) >= 11 is 0. The standard InChI is InChI=1S/C31H32N2O5/c1-19(2)11-13-37-25-8-4-7-22(16-25)28-27(29(34)23-9-10-26-24(15-23)14-20(3)38-26)30(35)31(36)33(28)18-21-6-5-12-32-17-21/h4-10,12,15-17,19-20,28,34H,11,13-14,18H2,1-3H3/t20-,28-/m1/s1. The number of nitrogens with zero attached hydrogens (tertiary/aromatic N) is 2. The summed E-state index contributed by atoms with van der Waals surface area (Å²) in [5, 5.41) is 11.5. The molecule has 7 heteroatoms. The first-order valence-corrected chi connectivity index (χ1v) is 13.0. The Morgan fingerprint density at radius 3 is 2.76 bits per heavy atom. The van der Waals surface area contributed by atoms with E-state index in [9.17, 15) is 14.7 Å². The summed E-state index contributed by atoms with van der Waals surface area (Å²) in [5.41, 5.74) is 2.98. The number of aliphatic hydroxyl groups excluding tert-OH is 1. The molecule has 2 aliphatic rings. The van der Waals surface area contributed by atoms with E-state index < -0.39 is 17.7 Å². The number of carbonyl (C=O) groups is 2. The van der Waals surface area contributed by atoms with Crippen LogP contribution in [0.3, 0.4) is 0 Å². The van der Waals surface area contributed by atoms with Gasteiger partial charge >= 0.3 is 0 Å². The predicted molar refractivity (Wildman–Crippen MR) is 144 cm³/mol. The van der Waals surface area contributed by atoms with Crippen LogP contribution in [0.1, 0.15) is 55.5 Å². The van der Waals surface area contributed by atoms with Gasteiger partial charge in [0.25, 0.3) is 11.7 Å². The molecule has 0 saturated carbocycles. The Kier molecular flexibility index (Phi) is 7.18. The van der Waals surface area contributed by atoms with Gasteiger partial charge in [-0.1, -0.05) is 32.0 Å². The van der Waals surface area contributed by atoms with Gasteiger partial charge in [0.05, 0.1) is 18.2 Å². The summed E-state index contributed by atoms with van der Waals surface area (Å²) in [6.45, 7) is 7.00. The van der Waals surface area contributed by atoms with Crippen molar-refractivity contribution < 1.29 is 24.2 Å². The summed E-state index contributed by atoms with van der Waals surface area (Å²) in [7, 11) is 0. The zero-order valence-electron chi connectivity index (χ0n) is 21.9. The third-order valence-corrected chi connectivity index (χ3v) is 6.92. The van der Waals surface area contributed by atoms with Crippen molar-refractivity contribution in [2.24, 2.45) is 5.92 Å². The monoisotopic (exact) mass is 512 g/mol. The number of ketones is 1. The Hall–Kier alpha value is -4.13. The smallest absolute Gasteiger partial charge is 0.295 e. The first-order chi connectivity index (χ1) is 18.3. The van der Waals surface area contributed by atoms with E-state index in [1.54, 1.807) is 30.6 Å². The molecule has 0 aliphatic carbocycles. The van der Waals surface area contributed by atoms with Gasteiger partial charge in [-0.15, -0.1) is 0 Å². The zero-order valence-corrected chi connectivity index (χ0v) is 21.9. The summed E-state index contributed by atoms with van der Waals surface area (Å²) in [6, 6.07) is 15.6. The van der Waals surface area contributed by atoms with E-state index >= 15 is 0 Å². The molecule has 7 nitrogen and oxygen atoms in total. The highest BCUT2D eigenvalue weighted by atomic mass is 16.5. The minimum absolute atomic E-state index is 0.0471. The van der Waals surface area contributed by atoms with Gasteiger partial charge < -0.3 is 19.5 Å². The quantitative estimate of drug-likeness (QED) is 0.245. The molecule has 1 amide bonds. The van der Waals surface area contributed by atoms with Crippen molar-refractivity contribution in [2.45, 2.75) is 52.3 Å². The molecule has 2 aromatic carbocycles. The number of rotatable bonds is 8. The van der Waals surface area contributed by atoms with E-state index in [4.69, 9.17) is 9.47 Å². The van der Waals surface area contributed by atoms with Gasteiger partial charge in [-0.25, -0.2) is 0 Å². The van der Waals surface area contributed by atoms with Crippen LogP contribution in [0, 0.1) is 5.92 Å². The number of fused-ring (bicyclic) bond motifs is 1. The van der Waals surface area contributed by atoms with Crippen LogP contribution in [0.5, 0.6) is 11.5 Å². The average molecular weight is 513 g/mol. The van der Waals surface area contributed by atoms with Crippen LogP contribution in [0.2, 0.25) is 0 Å². The van der Waals surface area contributed by atoms with E-state index in [1.165, 1.54) is 4.90 Å². The van der Waals surface area contributed by atoms with E-state index in [1.807, 2.05) is 43.3 Å². The molecule has 0 spiro atoms. The molecule has 196 valence electrons. The largest absolute Gasteiger partial charge is 0.507 e. The van der Waals surface area contributed by atoms with Crippen molar-refractivity contribution in [1.29, 1.82) is 0 Å². The molecule has 1 saturated heterocycles. The van der Waals surface area contributed by atoms with Crippen molar-refractivity contribution in [3.05, 3.63) is 94.8 Å². The molecule has 0 radical (unpaired) electrons. The Balaban J connectivity index is 1.57. The molecule has 5 rings (SSSR count). The highest BCUT2D eigenvalue weighted by Crippen LogP contribution is 2.42. The molecular weight excluding hydrogens is 480 g/mol. The van der Waals surface area contributed by atoms with Crippen LogP contribution in [0.25, 0.3) is 5.76 Å². The number of ether oxygens (including phenoxy) is 2. The second-order valence-corrected chi connectivity index (χ2v) is 10.3. The topological polar surface area (TPSA) is 89.0 Å². The molecule has 1 aromatic heterocycles. The van der Waals surface area contributed by atoms with Gasteiger partial charge in [-0.3, -0.25) is 14.6 Å². The van der Waals surface area contributed by atoms with Crippen LogP contribution < -0.4 is 9.47 Å². The summed E-state index contributed by atoms with van der Waals surface area (Å²) in [6.07, 6.45) is 5.00. The van der Waals surface area contributed by atoms with E-state index in [-0.39, 0.29) is 24.0 Å². The summed E-state index contributed by atoms with van der Waals surface area (Å²) in [4.78, 5) is 32.5. The average Bonchev–Trinajstić information content (AvgIpc) is 3.40. The van der Waals surface area contributed by atoms with Crippen LogP contribution in [0.15, 0.2) is 72.6 Å². The number of hydrogen-bond donors (Lipinski definition) is 1. The molecular formula is C31H32N2O5. The molecule has 38 heavy (non-hydrogen) atoms. The molecule has 0 bridgehead atoms. The van der Waals surface area contributed by atoms with Gasteiger partial charge in [0.15, 0.2) is 0 Å². The number of aromatic nitrogens is 1. The minimum Gasteiger partial charge on any atom is -0.507 e. The van der Waals surface area contributed by atoms with E-state index in [2.05, 4.69) is 18.8 Å². The molecule has 1 fully saturated rings. The van der Waals surface area contributed by atoms with E-state index in [0.717, 1.165) is 23.3 Å². The number of Topliss-reactive ketones (excluding diaryl/α,β-unsaturated/α-hetero) is 1. The molecule has 2 atom stereocenters. The number of carbonyl (C=O) groups excluding carboxylic acids is 2. The van der Waals surface area contributed by atoms with Crippen molar-refractivity contribution >= 4 is 17.4 Å². The number of amides is 1. The van der Waals surface area contributed by atoms with Crippen LogP contribution >= 0.6 is 0 Å². The lowest BCUT2D eigenvalue weighted by Crippen LogP contribution is -2.29. The third-order valence-electron chi connectivity index (χ3n) is 6.92. The van der Waals surface area contributed by atoms with Crippen molar-refractivity contribution in [1.82, 2.24) is 9.88 Å². The maximum atomic E-state index is 13.4. The van der Waals surface area contributed by atoms with Gasteiger partial charge in [0.1, 0.15) is 23.4 Å². The lowest BCUT2D eigenvalue weighted by molar-refractivity contribution is -0.140. The Bertz CT molecular complexity index is 1380. The number of likely N-dealkylation sites (tertiary alicyclic amines) is 1. The van der Waals surface area contributed by atoms with Crippen LogP contribution in [-0.2, 0) is 22.6 Å². The van der Waals surface area contributed by atoms with Crippen molar-refractivity contribution in [3.8, 4) is 11.5 Å². The third kappa shape index (κ3) is 5.14. The van der Waals surface area contributed by atoms with E-state index in [0.29, 0.717) is 35.8 Å². The maximum absolute atomic E-state index is 13.4. The lowest BCUT2D eigenvalue weighted by atomic mass is 9.94. The lowest BCUT2D eigenvalue weighted by Gasteiger charge is -2.25. The second kappa shape index (κ2) is 10.7. The fourth-order valence-corrected chi connectivity index (χ4v) is 4.99. The van der Waals surface area contributed by atoms with Gasteiger partial charge in [0, 0.05) is 30.9 Å². The molecule has 1 N–H and O–H groups in total. The summed E-state index contributed by atoms with van der Waals surface area (Å²) in [5.74, 6) is 0.353. The summed E-state index contributed by atoms with van der Waals surface area (Å²) < 4.78 is 11.8. The number of pyridine rings is 1. The SMILES string of the molecule is CC(C)CCOc1cccc([C@@H]2C(=C(O)c3ccc4c(c3)C[C@@H](C)O4)C(=O)C(=O)N2Cc2cccnc2)c1. The fourth-order valence-electron chi connectivity index (χ4n) is 4.99. The number of aliphatic hydroxyl groups is 1. The Morgan fingerprint density at radius 2 is 2.00 bits per heavy atom. The second-order valence-electron chi connectivity index (χ2n) is 10.3. The number of hydrogen-bond acceptors (Lipinski definition) is 6. The Labute approximate surface area is 222 Å². The molecule has 3 aromatic rings. The predicted octanol–water partition coefficient (Wildman–Crippen LogP) is 5.45. The van der Waals surface area contributed by atoms with Crippen LogP contribution in [-0.4, -0.2) is 39.4 Å². The van der Waals surface area contributed by atoms with Gasteiger partial charge in [-0.2, -0.15) is 0 Å². The minimum atomic E-state index is -0.785. The zero-order chi connectivity index (χ0) is 26.8. The molecule has 3 heterocycles.